The van der Waals surface area contributed by atoms with Crippen LogP contribution in [0.3, 0.4) is 0 Å². The molecule has 0 aliphatic carbocycles. The van der Waals surface area contributed by atoms with Crippen LogP contribution < -0.4 is 10.6 Å². The molecule has 0 amide bonds. The molecule has 0 aromatic carbocycles. The monoisotopic (exact) mass is 232 g/mol. The second kappa shape index (κ2) is 5.29. The number of aromatic nitrogens is 4. The largest absolute Gasteiger partial charge is 0.373 e. The van der Waals surface area contributed by atoms with Gasteiger partial charge in [-0.15, -0.1) is 10.2 Å². The van der Waals surface area contributed by atoms with Crippen molar-refractivity contribution in [2.45, 2.75) is 6.42 Å². The van der Waals surface area contributed by atoms with Crippen LogP contribution in [0.2, 0.25) is 0 Å². The lowest BCUT2D eigenvalue weighted by Gasteiger charge is -2.06. The minimum Gasteiger partial charge on any atom is -0.373 e. The van der Waals surface area contributed by atoms with Gasteiger partial charge in [0, 0.05) is 27.1 Å². The molecule has 0 aliphatic rings. The first-order valence-corrected chi connectivity index (χ1v) is 5.51. The Kier molecular flexibility index (Phi) is 3.54. The van der Waals surface area contributed by atoms with Crippen LogP contribution in [0.4, 0.5) is 11.6 Å². The van der Waals surface area contributed by atoms with Crippen molar-refractivity contribution in [3.8, 4) is 0 Å². The Labute approximate surface area is 100 Å². The lowest BCUT2D eigenvalue weighted by Crippen LogP contribution is -2.09. The summed E-state index contributed by atoms with van der Waals surface area (Å²) in [4.78, 5) is 4.37. The average molecular weight is 232 g/mol. The molecular weight excluding hydrogens is 216 g/mol. The van der Waals surface area contributed by atoms with Gasteiger partial charge in [-0.1, -0.05) is 6.07 Å². The summed E-state index contributed by atoms with van der Waals surface area (Å²) in [5.74, 6) is 2.68. The molecule has 0 saturated carbocycles. The molecule has 2 heterocycles. The normalized spacial score (nSPS) is 10.2. The van der Waals surface area contributed by atoms with Gasteiger partial charge in [0.05, 0.1) is 0 Å². The van der Waals surface area contributed by atoms with Gasteiger partial charge in [0.1, 0.15) is 23.8 Å². The van der Waals surface area contributed by atoms with Crippen molar-refractivity contribution in [1.82, 2.24) is 19.7 Å². The summed E-state index contributed by atoms with van der Waals surface area (Å²) in [5, 5.41) is 14.1. The maximum Gasteiger partial charge on any atom is 0.134 e. The van der Waals surface area contributed by atoms with E-state index in [0.717, 1.165) is 30.4 Å². The molecule has 90 valence electrons. The van der Waals surface area contributed by atoms with Gasteiger partial charge in [0.2, 0.25) is 0 Å². The molecule has 2 aromatic heterocycles. The van der Waals surface area contributed by atoms with E-state index in [2.05, 4.69) is 25.8 Å². The Morgan fingerprint density at radius 1 is 1.29 bits per heavy atom. The van der Waals surface area contributed by atoms with Gasteiger partial charge in [-0.3, -0.25) is 0 Å². The number of hydrogen-bond donors (Lipinski definition) is 2. The Hall–Kier alpha value is -2.11. The van der Waals surface area contributed by atoms with Crippen LogP contribution in [0.15, 0.2) is 24.5 Å². The van der Waals surface area contributed by atoms with Crippen molar-refractivity contribution in [2.24, 2.45) is 7.05 Å². The highest BCUT2D eigenvalue weighted by atomic mass is 15.2. The van der Waals surface area contributed by atoms with E-state index in [1.807, 2.05) is 36.9 Å². The molecule has 0 saturated heterocycles. The molecule has 2 rings (SSSR count). The molecular formula is C11H16N6. The predicted molar refractivity (Wildman–Crippen MR) is 67.0 cm³/mol. The third kappa shape index (κ3) is 2.93. The molecule has 0 atom stereocenters. The first-order valence-electron chi connectivity index (χ1n) is 5.51. The fourth-order valence-corrected chi connectivity index (χ4v) is 1.51. The average Bonchev–Trinajstić information content (AvgIpc) is 2.76. The quantitative estimate of drug-likeness (QED) is 0.802. The molecule has 0 fully saturated rings. The first kappa shape index (κ1) is 11.4. The molecule has 6 heteroatoms. The lowest BCUT2D eigenvalue weighted by atomic mass is 10.4. The maximum atomic E-state index is 4.37. The lowest BCUT2D eigenvalue weighted by molar-refractivity contribution is 0.787. The van der Waals surface area contributed by atoms with Crippen LogP contribution in [-0.4, -0.2) is 33.3 Å². The minimum absolute atomic E-state index is 0.784. The van der Waals surface area contributed by atoms with Crippen molar-refractivity contribution in [1.29, 1.82) is 0 Å². The van der Waals surface area contributed by atoms with Crippen LogP contribution in [0.5, 0.6) is 0 Å². The standard InChI is InChI=1S/C11H16N6/c1-12-9-4-3-5-10(15-9)13-7-6-11-16-14-8-17(11)2/h3-5,8H,6-7H2,1-2H3,(H2,12,13,15). The molecule has 6 nitrogen and oxygen atoms in total. The molecule has 0 radical (unpaired) electrons. The van der Waals surface area contributed by atoms with Gasteiger partial charge in [-0.2, -0.15) is 0 Å². The fourth-order valence-electron chi connectivity index (χ4n) is 1.51. The highest BCUT2D eigenvalue weighted by Crippen LogP contribution is 2.08. The summed E-state index contributed by atoms with van der Waals surface area (Å²) in [7, 11) is 3.79. The highest BCUT2D eigenvalue weighted by Gasteiger charge is 2.00. The van der Waals surface area contributed by atoms with Crippen LogP contribution in [0, 0.1) is 0 Å². The third-order valence-electron chi connectivity index (χ3n) is 2.47. The molecule has 0 unspecified atom stereocenters. The Bertz CT molecular complexity index is 478. The van der Waals surface area contributed by atoms with E-state index in [-0.39, 0.29) is 0 Å². The third-order valence-corrected chi connectivity index (χ3v) is 2.47. The fraction of sp³-hybridized carbons (Fsp3) is 0.364. The zero-order chi connectivity index (χ0) is 12.1. The van der Waals surface area contributed by atoms with E-state index < -0.39 is 0 Å². The van der Waals surface area contributed by atoms with E-state index in [0.29, 0.717) is 0 Å². The van der Waals surface area contributed by atoms with E-state index in [1.54, 1.807) is 6.33 Å². The van der Waals surface area contributed by atoms with Gasteiger partial charge in [-0.05, 0) is 12.1 Å². The number of nitrogens with one attached hydrogen (secondary N) is 2. The van der Waals surface area contributed by atoms with Gasteiger partial charge in [0.25, 0.3) is 0 Å². The Balaban J connectivity index is 1.87. The van der Waals surface area contributed by atoms with Crippen LogP contribution in [0.1, 0.15) is 5.82 Å². The van der Waals surface area contributed by atoms with Crippen LogP contribution in [-0.2, 0) is 13.5 Å². The summed E-state index contributed by atoms with van der Waals surface area (Å²) in [6, 6.07) is 5.83. The molecule has 2 N–H and O–H groups in total. The van der Waals surface area contributed by atoms with E-state index in [1.165, 1.54) is 0 Å². The minimum atomic E-state index is 0.784. The first-order chi connectivity index (χ1) is 8.29. The van der Waals surface area contributed by atoms with Gasteiger partial charge in [0.15, 0.2) is 0 Å². The van der Waals surface area contributed by atoms with E-state index >= 15 is 0 Å². The van der Waals surface area contributed by atoms with E-state index in [4.69, 9.17) is 0 Å². The number of anilines is 2. The van der Waals surface area contributed by atoms with Crippen molar-refractivity contribution in [3.05, 3.63) is 30.4 Å². The van der Waals surface area contributed by atoms with Crippen LogP contribution in [0.25, 0.3) is 0 Å². The topological polar surface area (TPSA) is 67.7 Å². The summed E-state index contributed by atoms with van der Waals surface area (Å²) in [6.07, 6.45) is 2.52. The Morgan fingerprint density at radius 3 is 2.82 bits per heavy atom. The number of pyridine rings is 1. The van der Waals surface area contributed by atoms with Gasteiger partial charge in [-0.25, -0.2) is 4.98 Å². The Morgan fingerprint density at radius 2 is 2.12 bits per heavy atom. The summed E-state index contributed by atoms with van der Waals surface area (Å²) in [5.41, 5.74) is 0. The summed E-state index contributed by atoms with van der Waals surface area (Å²) < 4.78 is 1.92. The zero-order valence-electron chi connectivity index (χ0n) is 10.0. The molecule has 0 bridgehead atoms. The smallest absolute Gasteiger partial charge is 0.134 e. The van der Waals surface area contributed by atoms with Gasteiger partial charge < -0.3 is 15.2 Å². The van der Waals surface area contributed by atoms with Crippen molar-refractivity contribution in [3.63, 3.8) is 0 Å². The maximum absolute atomic E-state index is 4.37. The second-order valence-corrected chi connectivity index (χ2v) is 3.69. The number of rotatable bonds is 5. The van der Waals surface area contributed by atoms with Crippen LogP contribution >= 0.6 is 0 Å². The predicted octanol–water partition coefficient (Wildman–Crippen LogP) is 0.906. The number of nitrogens with zero attached hydrogens (tertiary/aromatic N) is 4. The zero-order valence-corrected chi connectivity index (χ0v) is 10.0. The van der Waals surface area contributed by atoms with Crippen molar-refractivity contribution < 1.29 is 0 Å². The number of aryl methyl sites for hydroxylation is 1. The van der Waals surface area contributed by atoms with Crippen molar-refractivity contribution >= 4 is 11.6 Å². The molecule has 2 aromatic rings. The summed E-state index contributed by atoms with van der Waals surface area (Å²) >= 11 is 0. The summed E-state index contributed by atoms with van der Waals surface area (Å²) in [6.45, 7) is 0.784. The molecule has 0 aliphatic heterocycles. The highest BCUT2D eigenvalue weighted by molar-refractivity contribution is 5.44. The van der Waals surface area contributed by atoms with Crippen molar-refractivity contribution in [2.75, 3.05) is 24.2 Å². The van der Waals surface area contributed by atoms with E-state index in [9.17, 15) is 0 Å². The molecule has 17 heavy (non-hydrogen) atoms. The van der Waals surface area contributed by atoms with Gasteiger partial charge >= 0.3 is 0 Å². The number of hydrogen-bond acceptors (Lipinski definition) is 5. The SMILES string of the molecule is CNc1cccc(NCCc2nncn2C)n1. The second-order valence-electron chi connectivity index (χ2n) is 3.69. The molecule has 0 spiro atoms.